The van der Waals surface area contributed by atoms with E-state index < -0.39 is 10.0 Å². The Morgan fingerprint density at radius 2 is 1.84 bits per heavy atom. The summed E-state index contributed by atoms with van der Waals surface area (Å²) in [5, 5.41) is 12.5. The van der Waals surface area contributed by atoms with Crippen molar-refractivity contribution >= 4 is 27.6 Å². The van der Waals surface area contributed by atoms with Crippen molar-refractivity contribution in [3.8, 4) is 11.3 Å². The van der Waals surface area contributed by atoms with Crippen LogP contribution >= 0.6 is 0 Å². The van der Waals surface area contributed by atoms with Gasteiger partial charge in [-0.05, 0) is 43.9 Å². The zero-order chi connectivity index (χ0) is 22.7. The molecule has 1 aliphatic rings. The lowest BCUT2D eigenvalue weighted by molar-refractivity contribution is -0.132. The lowest BCUT2D eigenvalue weighted by atomic mass is 10.1. The van der Waals surface area contributed by atoms with Crippen molar-refractivity contribution in [2.75, 3.05) is 18.4 Å². The Labute approximate surface area is 186 Å². The van der Waals surface area contributed by atoms with Crippen LogP contribution in [-0.2, 0) is 21.4 Å². The summed E-state index contributed by atoms with van der Waals surface area (Å²) in [5.41, 5.74) is 2.90. The number of nitrogens with two attached hydrogens (primary N) is 1. The number of nitrogens with zero attached hydrogens (tertiary/aromatic N) is 5. The number of benzene rings is 1. The molecule has 1 amide bonds. The number of nitrogens with one attached hydrogen (secondary N) is 1. The Bertz CT molecular complexity index is 1220. The van der Waals surface area contributed by atoms with E-state index in [1.54, 1.807) is 35.4 Å². The molecule has 0 saturated carbocycles. The van der Waals surface area contributed by atoms with Gasteiger partial charge in [-0.1, -0.05) is 12.1 Å². The summed E-state index contributed by atoms with van der Waals surface area (Å²) in [6.07, 6.45) is 8.32. The van der Waals surface area contributed by atoms with E-state index in [-0.39, 0.29) is 17.3 Å². The predicted molar refractivity (Wildman–Crippen MR) is 120 cm³/mol. The SMILES string of the molecule is Cc1cnc(Nc2cnn(CC(=O)N3CCCCC3)c2)nc1-c1ccc(S(N)(=O)=O)cc1. The van der Waals surface area contributed by atoms with Crippen LogP contribution in [0.25, 0.3) is 11.3 Å². The summed E-state index contributed by atoms with van der Waals surface area (Å²) in [6, 6.07) is 6.21. The molecule has 1 saturated heterocycles. The van der Waals surface area contributed by atoms with E-state index >= 15 is 0 Å². The topological polar surface area (TPSA) is 136 Å². The van der Waals surface area contributed by atoms with Gasteiger partial charge in [0.25, 0.3) is 0 Å². The summed E-state index contributed by atoms with van der Waals surface area (Å²) in [7, 11) is -3.76. The highest BCUT2D eigenvalue weighted by Gasteiger charge is 2.17. The van der Waals surface area contributed by atoms with Gasteiger partial charge >= 0.3 is 0 Å². The third-order valence-electron chi connectivity index (χ3n) is 5.32. The Morgan fingerprint density at radius 1 is 1.12 bits per heavy atom. The molecule has 1 fully saturated rings. The number of anilines is 2. The van der Waals surface area contributed by atoms with Crippen molar-refractivity contribution < 1.29 is 13.2 Å². The fourth-order valence-corrected chi connectivity index (χ4v) is 4.14. The first-order chi connectivity index (χ1) is 15.3. The smallest absolute Gasteiger partial charge is 0.244 e. The zero-order valence-electron chi connectivity index (χ0n) is 17.7. The molecule has 4 rings (SSSR count). The molecule has 1 aliphatic heterocycles. The third-order valence-corrected chi connectivity index (χ3v) is 6.25. The number of hydrogen-bond acceptors (Lipinski definition) is 7. The van der Waals surface area contributed by atoms with Gasteiger partial charge in [0.2, 0.25) is 21.9 Å². The quantitative estimate of drug-likeness (QED) is 0.580. The van der Waals surface area contributed by atoms with Gasteiger partial charge in [-0.2, -0.15) is 5.10 Å². The molecule has 0 spiro atoms. The van der Waals surface area contributed by atoms with Crippen LogP contribution in [0, 0.1) is 6.92 Å². The van der Waals surface area contributed by atoms with E-state index in [1.165, 1.54) is 18.6 Å². The van der Waals surface area contributed by atoms with Crippen molar-refractivity contribution in [2.24, 2.45) is 5.14 Å². The number of carbonyl (C=O) groups excluding carboxylic acids is 1. The van der Waals surface area contributed by atoms with Crippen molar-refractivity contribution in [3.63, 3.8) is 0 Å². The monoisotopic (exact) mass is 455 g/mol. The van der Waals surface area contributed by atoms with Gasteiger partial charge in [-0.15, -0.1) is 0 Å². The van der Waals surface area contributed by atoms with E-state index in [0.717, 1.165) is 37.1 Å². The summed E-state index contributed by atoms with van der Waals surface area (Å²) in [6.45, 7) is 3.68. The Kier molecular flexibility index (Phi) is 6.19. The van der Waals surface area contributed by atoms with Crippen LogP contribution in [0.5, 0.6) is 0 Å². The lowest BCUT2D eigenvalue weighted by Crippen LogP contribution is -2.37. The number of hydrogen-bond donors (Lipinski definition) is 2. The number of likely N-dealkylation sites (tertiary alicyclic amines) is 1. The van der Waals surface area contributed by atoms with E-state index in [2.05, 4.69) is 20.4 Å². The molecule has 3 heterocycles. The van der Waals surface area contributed by atoms with Crippen molar-refractivity contribution in [1.29, 1.82) is 0 Å². The first kappa shape index (κ1) is 21.9. The van der Waals surface area contributed by atoms with Crippen molar-refractivity contribution in [1.82, 2.24) is 24.6 Å². The molecule has 11 heteroatoms. The number of rotatable bonds is 6. The molecule has 0 unspecified atom stereocenters. The number of aromatic nitrogens is 4. The van der Waals surface area contributed by atoms with Gasteiger partial charge in [0, 0.05) is 31.0 Å². The van der Waals surface area contributed by atoms with Gasteiger partial charge < -0.3 is 10.2 Å². The molecule has 0 bridgehead atoms. The van der Waals surface area contributed by atoms with Crippen LogP contribution < -0.4 is 10.5 Å². The second-order valence-electron chi connectivity index (χ2n) is 7.79. The molecule has 10 nitrogen and oxygen atoms in total. The zero-order valence-corrected chi connectivity index (χ0v) is 18.5. The standard InChI is InChI=1S/C21H25N7O3S/c1-15-11-23-21(26-20(15)16-5-7-18(8-6-16)32(22,30)31)25-17-12-24-28(13-17)14-19(29)27-9-3-2-4-10-27/h5-8,11-13H,2-4,9-10,14H2,1H3,(H2,22,30,31)(H,23,25,26). The maximum Gasteiger partial charge on any atom is 0.244 e. The number of sulfonamides is 1. The Hall–Kier alpha value is -3.31. The second-order valence-corrected chi connectivity index (χ2v) is 9.35. The van der Waals surface area contributed by atoms with Crippen LogP contribution in [0.3, 0.4) is 0 Å². The highest BCUT2D eigenvalue weighted by Crippen LogP contribution is 2.24. The summed E-state index contributed by atoms with van der Waals surface area (Å²) in [4.78, 5) is 23.2. The van der Waals surface area contributed by atoms with Crippen LogP contribution in [0.4, 0.5) is 11.6 Å². The van der Waals surface area contributed by atoms with Gasteiger partial charge in [0.05, 0.1) is 22.5 Å². The highest BCUT2D eigenvalue weighted by molar-refractivity contribution is 7.89. The maximum atomic E-state index is 12.4. The van der Waals surface area contributed by atoms with E-state index in [0.29, 0.717) is 17.3 Å². The number of amides is 1. The Morgan fingerprint density at radius 3 is 2.53 bits per heavy atom. The number of aryl methyl sites for hydroxylation is 1. The van der Waals surface area contributed by atoms with Crippen LogP contribution in [0.1, 0.15) is 24.8 Å². The largest absolute Gasteiger partial charge is 0.341 e. The first-order valence-electron chi connectivity index (χ1n) is 10.3. The number of carbonyl (C=O) groups is 1. The lowest BCUT2D eigenvalue weighted by Gasteiger charge is -2.26. The number of piperidine rings is 1. The molecular weight excluding hydrogens is 430 g/mol. The molecule has 1 aromatic carbocycles. The van der Waals surface area contributed by atoms with Gasteiger partial charge in [-0.25, -0.2) is 23.5 Å². The highest BCUT2D eigenvalue weighted by atomic mass is 32.2. The number of primary sulfonamides is 1. The summed E-state index contributed by atoms with van der Waals surface area (Å²) in [5.74, 6) is 0.430. The van der Waals surface area contributed by atoms with Crippen molar-refractivity contribution in [3.05, 3.63) is 48.4 Å². The minimum Gasteiger partial charge on any atom is -0.341 e. The van der Waals surface area contributed by atoms with Gasteiger partial charge in [0.1, 0.15) is 6.54 Å². The normalized spacial score (nSPS) is 14.4. The predicted octanol–water partition coefficient (Wildman–Crippen LogP) is 2.05. The third kappa shape index (κ3) is 5.11. The van der Waals surface area contributed by atoms with E-state index in [4.69, 9.17) is 5.14 Å². The molecule has 168 valence electrons. The molecule has 32 heavy (non-hydrogen) atoms. The minimum atomic E-state index is -3.76. The van der Waals surface area contributed by atoms with Crippen LogP contribution in [0.15, 0.2) is 47.8 Å². The van der Waals surface area contributed by atoms with E-state index in [1.807, 2.05) is 11.8 Å². The fraction of sp³-hybridized carbons (Fsp3) is 0.333. The van der Waals surface area contributed by atoms with Crippen LogP contribution in [-0.4, -0.2) is 52.1 Å². The fourth-order valence-electron chi connectivity index (χ4n) is 3.62. The molecule has 3 N–H and O–H groups in total. The molecule has 3 aromatic rings. The molecule has 0 atom stereocenters. The summed E-state index contributed by atoms with van der Waals surface area (Å²) < 4.78 is 24.5. The minimum absolute atomic E-state index is 0.0397. The second kappa shape index (κ2) is 9.05. The van der Waals surface area contributed by atoms with Crippen LogP contribution in [0.2, 0.25) is 0 Å². The van der Waals surface area contributed by atoms with Crippen molar-refractivity contribution in [2.45, 2.75) is 37.6 Å². The molecule has 0 radical (unpaired) electrons. The van der Waals surface area contributed by atoms with Gasteiger partial charge in [-0.3, -0.25) is 9.48 Å². The first-order valence-corrected chi connectivity index (χ1v) is 11.9. The molecule has 0 aliphatic carbocycles. The molecule has 2 aromatic heterocycles. The maximum absolute atomic E-state index is 12.4. The van der Waals surface area contributed by atoms with Gasteiger partial charge in [0.15, 0.2) is 0 Å². The average molecular weight is 456 g/mol. The van der Waals surface area contributed by atoms with E-state index in [9.17, 15) is 13.2 Å². The summed E-state index contributed by atoms with van der Waals surface area (Å²) >= 11 is 0. The Balaban J connectivity index is 1.47. The average Bonchev–Trinajstić information content (AvgIpc) is 3.22. The molecular formula is C21H25N7O3S.